The molecule has 20 heteroatoms. The second-order valence-corrected chi connectivity index (χ2v) is 25.9. The van der Waals surface area contributed by atoms with E-state index in [1.807, 2.05) is 125 Å². The van der Waals surface area contributed by atoms with Gasteiger partial charge in [0, 0.05) is 64.8 Å². The van der Waals surface area contributed by atoms with Crippen molar-refractivity contribution in [3.63, 3.8) is 0 Å². The van der Waals surface area contributed by atoms with Gasteiger partial charge in [-0.3, -0.25) is 28.5 Å². The topological polar surface area (TPSA) is 222 Å². The van der Waals surface area contributed by atoms with Crippen LogP contribution in [-0.2, 0) is 83.2 Å². The fourth-order valence-corrected chi connectivity index (χ4v) is 11.0. The Morgan fingerprint density at radius 1 is 0.386 bits per heavy atom. The van der Waals surface area contributed by atoms with Crippen molar-refractivity contribution in [2.75, 3.05) is 28.2 Å². The summed E-state index contributed by atoms with van der Waals surface area (Å²) in [6.07, 6.45) is -0.546. The van der Waals surface area contributed by atoms with Crippen molar-refractivity contribution in [2.24, 2.45) is 23.7 Å². The largest absolute Gasteiger partial charge is 0.451 e. The summed E-state index contributed by atoms with van der Waals surface area (Å²) < 4.78 is 28.3. The second kappa shape index (κ2) is 32.7. The first-order chi connectivity index (χ1) is 41.5. The molecule has 1 aliphatic heterocycles. The molecule has 5 rings (SSSR count). The van der Waals surface area contributed by atoms with Crippen LogP contribution in [0.15, 0.2) is 73.1 Å². The van der Waals surface area contributed by atoms with Gasteiger partial charge in [0.2, 0.25) is 0 Å². The van der Waals surface area contributed by atoms with Gasteiger partial charge in [0.15, 0.2) is 24.4 Å². The summed E-state index contributed by atoms with van der Waals surface area (Å²) in [5, 5.41) is 9.10. The fraction of sp³-hybridized carbons (Fsp3) is 0.618. The van der Waals surface area contributed by atoms with Gasteiger partial charge >= 0.3 is 23.9 Å². The van der Waals surface area contributed by atoms with Gasteiger partial charge in [0.25, 0.3) is 23.6 Å². The van der Waals surface area contributed by atoms with Crippen LogP contribution < -0.4 is 0 Å². The molecule has 0 bridgehead atoms. The minimum absolute atomic E-state index is 0.0828. The summed E-state index contributed by atoms with van der Waals surface area (Å²) in [6, 6.07) is 13.8. The maximum absolute atomic E-state index is 15.1. The smallest absolute Gasteiger partial charge is 0.329 e. The average molecular weight is 1220 g/mol. The van der Waals surface area contributed by atoms with E-state index in [1.165, 1.54) is 51.8 Å². The molecule has 2 unspecified atom stereocenters. The number of amides is 4. The molecule has 1 aliphatic rings. The lowest BCUT2D eigenvalue weighted by molar-refractivity contribution is -0.176. The molecule has 0 saturated carbocycles. The van der Waals surface area contributed by atoms with Crippen LogP contribution in [0.4, 0.5) is 0 Å². The minimum Gasteiger partial charge on any atom is -0.451 e. The Morgan fingerprint density at radius 3 is 0.920 bits per heavy atom. The number of cyclic esters (lactones) is 4. The van der Waals surface area contributed by atoms with Gasteiger partial charge in [0.05, 0.1) is 13.1 Å². The Bertz CT molecular complexity index is 2760. The molecule has 1 fully saturated rings. The standard InChI is InChI=1S/C68H100N8O12/c1-19-45(11)53-29-31-69-75(53)39-51-25-21-49(22-26-51)37-59-63(79)73(17)55(33-41(3)4)65(81)85-48(14)62(78)72(16)58(36-44(9)10)68(84)88-60(38-50-23-27-52(28-24-50)40-76-54(30-32-70-76)46(12)20-2)64(80)74(18)56(34-42(5)6)66(82)86-47(13)61(77)71(15)57(35-43(7)8)67(83)87-59/h21-32,41-48,55-60H,19-20,33-40H2,1-18H3/t45?,46?,47-,48-,55+,56+,57+,58+,59-,60-/m1/s1. The van der Waals surface area contributed by atoms with Crippen LogP contribution in [0, 0.1) is 23.7 Å². The van der Waals surface area contributed by atoms with E-state index in [0.29, 0.717) is 36.1 Å². The summed E-state index contributed by atoms with van der Waals surface area (Å²) >= 11 is 0. The molecule has 20 nitrogen and oxygen atoms in total. The summed E-state index contributed by atoms with van der Waals surface area (Å²) in [5.74, 6) is -6.82. The zero-order valence-electron chi connectivity index (χ0n) is 55.6. The van der Waals surface area contributed by atoms with Gasteiger partial charge < -0.3 is 38.5 Å². The number of hydrogen-bond donors (Lipinski definition) is 0. The highest BCUT2D eigenvalue weighted by Crippen LogP contribution is 2.26. The Balaban J connectivity index is 1.58. The molecule has 0 N–H and O–H groups in total. The third-order valence-corrected chi connectivity index (χ3v) is 16.8. The highest BCUT2D eigenvalue weighted by atomic mass is 16.6. The summed E-state index contributed by atoms with van der Waals surface area (Å²) in [6.45, 7) is 27.2. The fourth-order valence-electron chi connectivity index (χ4n) is 11.0. The number of benzene rings is 2. The number of ether oxygens (including phenoxy) is 4. The maximum atomic E-state index is 15.1. The van der Waals surface area contributed by atoms with Crippen molar-refractivity contribution in [3.05, 3.63) is 107 Å². The lowest BCUT2D eigenvalue weighted by Crippen LogP contribution is -2.55. The molecule has 2 aromatic carbocycles. The molecule has 4 amide bonds. The van der Waals surface area contributed by atoms with E-state index in [-0.39, 0.29) is 62.2 Å². The monoisotopic (exact) mass is 1220 g/mol. The molecule has 1 saturated heterocycles. The van der Waals surface area contributed by atoms with E-state index in [0.717, 1.165) is 45.2 Å². The Hall–Kier alpha value is -7.38. The van der Waals surface area contributed by atoms with Crippen LogP contribution in [0.2, 0.25) is 0 Å². The molecule has 0 radical (unpaired) electrons. The van der Waals surface area contributed by atoms with Crippen LogP contribution in [0.1, 0.15) is 181 Å². The highest BCUT2D eigenvalue weighted by Gasteiger charge is 2.43. The quantitative estimate of drug-likeness (QED) is 0.0595. The van der Waals surface area contributed by atoms with Crippen molar-refractivity contribution in [1.82, 2.24) is 39.2 Å². The normalized spacial score (nSPS) is 23.0. The first-order valence-electron chi connectivity index (χ1n) is 31.5. The van der Waals surface area contributed by atoms with Crippen molar-refractivity contribution in [3.8, 4) is 0 Å². The molecular formula is C68H100N8O12. The molecule has 2 aromatic heterocycles. The van der Waals surface area contributed by atoms with Gasteiger partial charge in [0.1, 0.15) is 24.2 Å². The summed E-state index contributed by atoms with van der Waals surface area (Å²) in [5.41, 5.74) is 5.32. The third kappa shape index (κ3) is 19.3. The number of carbonyl (C=O) groups excluding carboxylic acids is 8. The third-order valence-electron chi connectivity index (χ3n) is 16.8. The van der Waals surface area contributed by atoms with Crippen LogP contribution >= 0.6 is 0 Å². The predicted molar refractivity (Wildman–Crippen MR) is 335 cm³/mol. The molecule has 0 spiro atoms. The van der Waals surface area contributed by atoms with Gasteiger partial charge in [-0.1, -0.05) is 132 Å². The SMILES string of the molecule is CCC(C)c1ccnn1Cc1ccc(C[C@H]2OC(=O)[C@H](CC(C)C)N(C)C(=O)[C@@H](C)OC(=O)[C@H](CC(C)C)N(C)C(=O)[C@@H](Cc3ccc(Cn4nccc4C(C)CC)cc3)OC(=O)[C@H](CC(C)C)N(C)C(=O)[C@@H](C)OC(=O)[C@H](CC(C)C)N(C)C2=O)cc1. The van der Waals surface area contributed by atoms with E-state index >= 15 is 9.59 Å². The summed E-state index contributed by atoms with van der Waals surface area (Å²) in [4.78, 5) is 123. The zero-order valence-corrected chi connectivity index (χ0v) is 55.6. The van der Waals surface area contributed by atoms with E-state index in [2.05, 4.69) is 37.9 Å². The van der Waals surface area contributed by atoms with Crippen LogP contribution in [-0.4, -0.2) is 163 Å². The van der Waals surface area contributed by atoms with E-state index in [1.54, 1.807) is 12.4 Å². The lowest BCUT2D eigenvalue weighted by atomic mass is 9.99. The Morgan fingerprint density at radius 2 is 0.648 bits per heavy atom. The number of rotatable bonds is 20. The minimum atomic E-state index is -1.54. The molecule has 88 heavy (non-hydrogen) atoms. The van der Waals surface area contributed by atoms with Crippen LogP contribution in [0.5, 0.6) is 0 Å². The first-order valence-corrected chi connectivity index (χ1v) is 31.5. The van der Waals surface area contributed by atoms with E-state index in [4.69, 9.17) is 18.9 Å². The Labute approximate surface area is 522 Å². The summed E-state index contributed by atoms with van der Waals surface area (Å²) in [7, 11) is 5.62. The molecule has 3 heterocycles. The first kappa shape index (κ1) is 71.4. The van der Waals surface area contributed by atoms with Crippen molar-refractivity contribution in [2.45, 2.75) is 222 Å². The second-order valence-electron chi connectivity index (χ2n) is 25.9. The number of likely N-dealkylation sites (N-methyl/N-ethyl adjacent to an activating group) is 4. The van der Waals surface area contributed by atoms with Gasteiger partial charge in [-0.15, -0.1) is 0 Å². The molecule has 484 valence electrons. The van der Waals surface area contributed by atoms with E-state index in [9.17, 15) is 28.8 Å². The van der Waals surface area contributed by atoms with Gasteiger partial charge in [-0.2, -0.15) is 10.2 Å². The average Bonchev–Trinajstić information content (AvgIpc) is 4.37. The molecule has 4 aromatic rings. The predicted octanol–water partition coefficient (Wildman–Crippen LogP) is 9.18. The van der Waals surface area contributed by atoms with E-state index < -0.39 is 96.1 Å². The lowest BCUT2D eigenvalue weighted by Gasteiger charge is -2.35. The van der Waals surface area contributed by atoms with Gasteiger partial charge in [-0.05, 0) is 122 Å². The molecule has 0 aliphatic carbocycles. The molecule has 10 atom stereocenters. The van der Waals surface area contributed by atoms with Crippen molar-refractivity contribution < 1.29 is 57.3 Å². The van der Waals surface area contributed by atoms with Crippen LogP contribution in [0.3, 0.4) is 0 Å². The van der Waals surface area contributed by atoms with Crippen molar-refractivity contribution in [1.29, 1.82) is 0 Å². The molecular weight excluding hydrogens is 1120 g/mol. The van der Waals surface area contributed by atoms with Gasteiger partial charge in [-0.25, -0.2) is 19.2 Å². The van der Waals surface area contributed by atoms with Crippen molar-refractivity contribution >= 4 is 47.5 Å². The number of nitrogens with zero attached hydrogens (tertiary/aromatic N) is 8. The maximum Gasteiger partial charge on any atom is 0.329 e. The zero-order chi connectivity index (χ0) is 65.4. The van der Waals surface area contributed by atoms with Crippen LogP contribution in [0.25, 0.3) is 0 Å². The number of hydrogen-bond acceptors (Lipinski definition) is 14. The number of esters is 4. The Kier molecular flexibility index (Phi) is 26.5. The number of aromatic nitrogens is 4. The number of carbonyl (C=O) groups is 8. The highest BCUT2D eigenvalue weighted by molar-refractivity contribution is 5.94.